The van der Waals surface area contributed by atoms with E-state index in [1.165, 1.54) is 23.8 Å². The number of fused-ring (bicyclic) bond motifs is 1. The maximum absolute atomic E-state index is 12.5. The molecule has 32 heavy (non-hydrogen) atoms. The minimum Gasteiger partial charge on any atom is -0.496 e. The number of carbonyl (C=O) groups excluding carboxylic acids is 1. The van der Waals surface area contributed by atoms with E-state index in [0.717, 1.165) is 56.5 Å². The minimum absolute atomic E-state index is 0.0967. The Morgan fingerprint density at radius 3 is 2.72 bits per heavy atom. The Bertz CT molecular complexity index is 1090. The van der Waals surface area contributed by atoms with Crippen LogP contribution in [0.3, 0.4) is 0 Å². The second-order valence-electron chi connectivity index (χ2n) is 9.04. The van der Waals surface area contributed by atoms with E-state index in [4.69, 9.17) is 4.74 Å². The number of likely N-dealkylation sites (tertiary alicyclic amines) is 1. The summed E-state index contributed by atoms with van der Waals surface area (Å²) in [5.74, 6) is 0.812. The van der Waals surface area contributed by atoms with E-state index in [9.17, 15) is 4.79 Å². The van der Waals surface area contributed by atoms with Gasteiger partial charge in [-0.2, -0.15) is 0 Å². The summed E-state index contributed by atoms with van der Waals surface area (Å²) in [6, 6.07) is 13.2. The summed E-state index contributed by atoms with van der Waals surface area (Å²) >= 11 is 0. The number of hydrogen-bond donors (Lipinski definition) is 1. The molecule has 5 rings (SSSR count). The predicted molar refractivity (Wildman–Crippen MR) is 124 cm³/mol. The average molecular weight is 434 g/mol. The highest BCUT2D eigenvalue weighted by atomic mass is 16.5. The summed E-state index contributed by atoms with van der Waals surface area (Å²) in [4.78, 5) is 15.0. The number of hydrogen-bond acceptors (Lipinski definition) is 5. The van der Waals surface area contributed by atoms with Gasteiger partial charge in [-0.15, -0.1) is 5.10 Å². The molecular weight excluding hydrogens is 402 g/mol. The molecule has 1 amide bonds. The van der Waals surface area contributed by atoms with E-state index in [1.807, 2.05) is 10.9 Å². The van der Waals surface area contributed by atoms with Gasteiger partial charge in [0.15, 0.2) is 5.69 Å². The number of aromatic nitrogens is 3. The number of amides is 1. The van der Waals surface area contributed by atoms with Crippen molar-refractivity contribution in [1.82, 2.24) is 25.2 Å². The van der Waals surface area contributed by atoms with Gasteiger partial charge in [0.05, 0.1) is 19.3 Å². The number of piperidine rings is 1. The molecule has 0 bridgehead atoms. The fourth-order valence-corrected chi connectivity index (χ4v) is 5.17. The van der Waals surface area contributed by atoms with Crippen LogP contribution in [0, 0.1) is 0 Å². The van der Waals surface area contributed by atoms with E-state index in [2.05, 4.69) is 56.9 Å². The first-order valence-electron chi connectivity index (χ1n) is 11.7. The largest absolute Gasteiger partial charge is 0.496 e. The van der Waals surface area contributed by atoms with Gasteiger partial charge in [-0.05, 0) is 49.2 Å². The Kier molecular flexibility index (Phi) is 6.08. The van der Waals surface area contributed by atoms with Gasteiger partial charge in [-0.3, -0.25) is 9.69 Å². The molecule has 1 saturated heterocycles. The second kappa shape index (κ2) is 9.28. The van der Waals surface area contributed by atoms with E-state index < -0.39 is 0 Å². The van der Waals surface area contributed by atoms with Crippen LogP contribution >= 0.6 is 0 Å². The molecule has 2 aliphatic rings. The van der Waals surface area contributed by atoms with Gasteiger partial charge in [0, 0.05) is 24.5 Å². The topological polar surface area (TPSA) is 72.3 Å². The standard InChI is InChI=1S/C25H31N5O2/c1-32-24-13-12-18(21-10-4-5-11-22(21)24)15-29-14-6-9-20(16-29)30-17-23(27-28-30)25(31)26-19-7-2-3-8-19/h4-5,10-13,17,19-20H,2-3,6-9,14-16H2,1H3,(H,26,31). The number of rotatable bonds is 6. The summed E-state index contributed by atoms with van der Waals surface area (Å²) in [5, 5.41) is 14.0. The average Bonchev–Trinajstić information content (AvgIpc) is 3.52. The Hall–Kier alpha value is -2.93. The molecule has 2 heterocycles. The quantitative estimate of drug-likeness (QED) is 0.637. The van der Waals surface area contributed by atoms with Crippen LogP contribution in [0.15, 0.2) is 42.6 Å². The molecule has 2 aromatic carbocycles. The summed E-state index contributed by atoms with van der Waals surface area (Å²) in [6.07, 6.45) is 8.49. The lowest BCUT2D eigenvalue weighted by Gasteiger charge is -2.32. The molecule has 1 atom stereocenters. The molecule has 1 unspecified atom stereocenters. The number of carbonyl (C=O) groups is 1. The Morgan fingerprint density at radius 1 is 1.09 bits per heavy atom. The summed E-state index contributed by atoms with van der Waals surface area (Å²) in [5.41, 5.74) is 1.73. The van der Waals surface area contributed by atoms with Crippen molar-refractivity contribution in [3.05, 3.63) is 53.9 Å². The van der Waals surface area contributed by atoms with Crippen molar-refractivity contribution in [3.63, 3.8) is 0 Å². The zero-order chi connectivity index (χ0) is 21.9. The van der Waals surface area contributed by atoms with E-state index in [-0.39, 0.29) is 18.0 Å². The van der Waals surface area contributed by atoms with Crippen LogP contribution in [0.5, 0.6) is 5.75 Å². The predicted octanol–water partition coefficient (Wildman–Crippen LogP) is 3.95. The van der Waals surface area contributed by atoms with Crippen LogP contribution in [0.1, 0.15) is 60.6 Å². The van der Waals surface area contributed by atoms with Crippen LogP contribution < -0.4 is 10.1 Å². The van der Waals surface area contributed by atoms with Crippen molar-refractivity contribution in [1.29, 1.82) is 0 Å². The van der Waals surface area contributed by atoms with Gasteiger partial charge in [0.2, 0.25) is 0 Å². The normalized spacial score (nSPS) is 20.0. The first-order chi connectivity index (χ1) is 15.7. The summed E-state index contributed by atoms with van der Waals surface area (Å²) in [7, 11) is 1.72. The molecule has 1 N–H and O–H groups in total. The number of ether oxygens (including phenoxy) is 1. The molecular formula is C25H31N5O2. The number of nitrogens with one attached hydrogen (secondary N) is 1. The van der Waals surface area contributed by atoms with Gasteiger partial charge in [0.25, 0.3) is 5.91 Å². The van der Waals surface area contributed by atoms with Gasteiger partial charge >= 0.3 is 0 Å². The lowest BCUT2D eigenvalue weighted by atomic mass is 10.0. The van der Waals surface area contributed by atoms with Crippen molar-refractivity contribution >= 4 is 16.7 Å². The number of methoxy groups -OCH3 is 1. The first-order valence-corrected chi connectivity index (χ1v) is 11.7. The molecule has 168 valence electrons. The van der Waals surface area contributed by atoms with Crippen LogP contribution in [0.2, 0.25) is 0 Å². The minimum atomic E-state index is -0.0967. The Labute approximate surface area is 188 Å². The maximum atomic E-state index is 12.5. The van der Waals surface area contributed by atoms with Crippen molar-refractivity contribution < 1.29 is 9.53 Å². The van der Waals surface area contributed by atoms with Crippen molar-refractivity contribution in [2.24, 2.45) is 0 Å². The molecule has 0 radical (unpaired) electrons. The Morgan fingerprint density at radius 2 is 1.91 bits per heavy atom. The lowest BCUT2D eigenvalue weighted by Crippen LogP contribution is -2.36. The zero-order valence-electron chi connectivity index (χ0n) is 18.7. The van der Waals surface area contributed by atoms with Crippen molar-refractivity contribution in [2.75, 3.05) is 20.2 Å². The Balaban J connectivity index is 1.27. The van der Waals surface area contributed by atoms with Crippen molar-refractivity contribution in [3.8, 4) is 5.75 Å². The molecule has 1 aliphatic heterocycles. The van der Waals surface area contributed by atoms with Crippen molar-refractivity contribution in [2.45, 2.75) is 57.2 Å². The number of benzene rings is 2. The van der Waals surface area contributed by atoms with Crippen LogP contribution in [0.4, 0.5) is 0 Å². The SMILES string of the molecule is COc1ccc(CN2CCCC(n3cc(C(=O)NC4CCCC4)nn3)C2)c2ccccc12. The smallest absolute Gasteiger partial charge is 0.273 e. The molecule has 7 nitrogen and oxygen atoms in total. The van der Waals surface area contributed by atoms with E-state index >= 15 is 0 Å². The second-order valence-corrected chi connectivity index (χ2v) is 9.04. The maximum Gasteiger partial charge on any atom is 0.273 e. The lowest BCUT2D eigenvalue weighted by molar-refractivity contribution is 0.0932. The zero-order valence-corrected chi connectivity index (χ0v) is 18.7. The number of nitrogens with zero attached hydrogens (tertiary/aromatic N) is 4. The van der Waals surface area contributed by atoms with Crippen LogP contribution in [0.25, 0.3) is 10.8 Å². The highest BCUT2D eigenvalue weighted by molar-refractivity contribution is 5.92. The van der Waals surface area contributed by atoms with Gasteiger partial charge in [0.1, 0.15) is 5.75 Å². The molecule has 2 fully saturated rings. The molecule has 0 spiro atoms. The summed E-state index contributed by atoms with van der Waals surface area (Å²) < 4.78 is 7.44. The molecule has 1 aliphatic carbocycles. The highest BCUT2D eigenvalue weighted by Gasteiger charge is 2.25. The first kappa shape index (κ1) is 20.9. The third-order valence-corrected chi connectivity index (χ3v) is 6.88. The van der Waals surface area contributed by atoms with Crippen LogP contribution in [-0.4, -0.2) is 52.0 Å². The van der Waals surface area contributed by atoms with Gasteiger partial charge in [-0.1, -0.05) is 48.4 Å². The molecule has 1 aromatic heterocycles. The molecule has 3 aromatic rings. The fourth-order valence-electron chi connectivity index (χ4n) is 5.17. The third kappa shape index (κ3) is 4.35. The molecule has 7 heteroatoms. The van der Waals surface area contributed by atoms with E-state index in [1.54, 1.807) is 7.11 Å². The van der Waals surface area contributed by atoms with Crippen LogP contribution in [-0.2, 0) is 6.54 Å². The molecule has 1 saturated carbocycles. The van der Waals surface area contributed by atoms with E-state index in [0.29, 0.717) is 5.69 Å². The van der Waals surface area contributed by atoms with Gasteiger partial charge < -0.3 is 10.1 Å². The monoisotopic (exact) mass is 433 g/mol. The fraction of sp³-hybridized carbons (Fsp3) is 0.480. The van der Waals surface area contributed by atoms with Gasteiger partial charge in [-0.25, -0.2) is 4.68 Å². The third-order valence-electron chi connectivity index (χ3n) is 6.88. The highest BCUT2D eigenvalue weighted by Crippen LogP contribution is 2.30. The summed E-state index contributed by atoms with van der Waals surface area (Å²) in [6.45, 7) is 2.83.